The quantitative estimate of drug-likeness (QED) is 0.631. The number of amides is 1. The Morgan fingerprint density at radius 1 is 1.50 bits per heavy atom. The zero-order chi connectivity index (χ0) is 13.0. The normalized spacial score (nSPS) is 29.1. The fourth-order valence-corrected chi connectivity index (χ4v) is 3.01. The Balaban J connectivity index is 1.69. The molecule has 3 N–H and O–H groups in total. The van der Waals surface area contributed by atoms with Gasteiger partial charge in [-0.1, -0.05) is 12.8 Å². The molecule has 5 nitrogen and oxygen atoms in total. The number of likely N-dealkylation sites (N-methyl/N-ethyl adjacent to an activating group) is 1. The second-order valence-corrected chi connectivity index (χ2v) is 5.87. The number of rotatable bonds is 5. The molecule has 1 heterocycles. The molecule has 104 valence electrons. The third-order valence-corrected chi connectivity index (χ3v) is 3.92. The van der Waals surface area contributed by atoms with Crippen molar-refractivity contribution in [3.63, 3.8) is 0 Å². The molecule has 1 aliphatic heterocycles. The summed E-state index contributed by atoms with van der Waals surface area (Å²) >= 11 is 0. The lowest BCUT2D eigenvalue weighted by Gasteiger charge is -2.27. The first-order chi connectivity index (χ1) is 8.57. The van der Waals surface area contributed by atoms with E-state index in [2.05, 4.69) is 10.6 Å². The van der Waals surface area contributed by atoms with Gasteiger partial charge in [0.2, 0.25) is 5.91 Å². The van der Waals surface area contributed by atoms with Crippen molar-refractivity contribution in [1.82, 2.24) is 15.5 Å². The van der Waals surface area contributed by atoms with Gasteiger partial charge in [0.05, 0.1) is 12.1 Å². The largest absolute Gasteiger partial charge is 0.387 e. The molecule has 1 aliphatic carbocycles. The van der Waals surface area contributed by atoms with Crippen LogP contribution >= 0.6 is 0 Å². The van der Waals surface area contributed by atoms with Gasteiger partial charge in [0, 0.05) is 19.1 Å². The first-order valence-electron chi connectivity index (χ1n) is 6.98. The number of aliphatic hydroxyl groups is 1. The van der Waals surface area contributed by atoms with Crippen molar-refractivity contribution in [2.75, 3.05) is 33.2 Å². The van der Waals surface area contributed by atoms with Gasteiger partial charge in [0.15, 0.2) is 0 Å². The Kier molecular flexibility index (Phi) is 4.59. The third-order valence-electron chi connectivity index (χ3n) is 3.92. The maximum absolute atomic E-state index is 11.8. The van der Waals surface area contributed by atoms with E-state index in [9.17, 15) is 9.90 Å². The number of hydrogen-bond acceptors (Lipinski definition) is 4. The van der Waals surface area contributed by atoms with Crippen molar-refractivity contribution in [3.05, 3.63) is 0 Å². The fraction of sp³-hybridized carbons (Fsp3) is 0.923. The number of carbonyl (C=O) groups is 1. The van der Waals surface area contributed by atoms with Gasteiger partial charge in [-0.25, -0.2) is 0 Å². The van der Waals surface area contributed by atoms with Crippen LogP contribution in [-0.2, 0) is 4.79 Å². The summed E-state index contributed by atoms with van der Waals surface area (Å²) in [6.07, 6.45) is 5.45. The summed E-state index contributed by atoms with van der Waals surface area (Å²) in [6.45, 7) is 2.41. The Labute approximate surface area is 109 Å². The fourth-order valence-electron chi connectivity index (χ4n) is 3.01. The van der Waals surface area contributed by atoms with Crippen LogP contribution in [0.5, 0.6) is 0 Å². The summed E-state index contributed by atoms with van der Waals surface area (Å²) in [5.41, 5.74) is -0.664. The van der Waals surface area contributed by atoms with Gasteiger partial charge in [-0.05, 0) is 32.9 Å². The van der Waals surface area contributed by atoms with Crippen LogP contribution in [0.3, 0.4) is 0 Å². The highest BCUT2D eigenvalue weighted by molar-refractivity contribution is 5.78. The summed E-state index contributed by atoms with van der Waals surface area (Å²) in [5.74, 6) is 0.0824. The number of nitrogens with one attached hydrogen (secondary N) is 2. The smallest absolute Gasteiger partial charge is 0.234 e. The molecule has 1 saturated heterocycles. The van der Waals surface area contributed by atoms with E-state index in [0.717, 1.165) is 25.8 Å². The molecule has 0 spiro atoms. The predicted octanol–water partition coefficient (Wildman–Crippen LogP) is -0.299. The maximum Gasteiger partial charge on any atom is 0.234 e. The van der Waals surface area contributed by atoms with Crippen LogP contribution < -0.4 is 10.6 Å². The molecule has 5 heteroatoms. The molecule has 2 rings (SSSR count). The Bertz CT molecular complexity index is 284. The topological polar surface area (TPSA) is 64.6 Å². The molecule has 0 radical (unpaired) electrons. The molecule has 0 bridgehead atoms. The van der Waals surface area contributed by atoms with Crippen LogP contribution in [0.15, 0.2) is 0 Å². The average molecular weight is 255 g/mol. The number of nitrogens with zero attached hydrogens (tertiary/aromatic N) is 1. The molecular weight excluding hydrogens is 230 g/mol. The molecule has 0 aromatic heterocycles. The highest BCUT2D eigenvalue weighted by Crippen LogP contribution is 2.18. The van der Waals surface area contributed by atoms with E-state index in [1.165, 1.54) is 12.8 Å². The van der Waals surface area contributed by atoms with Crippen molar-refractivity contribution in [2.24, 2.45) is 0 Å². The van der Waals surface area contributed by atoms with Crippen LogP contribution in [0.4, 0.5) is 0 Å². The number of β-amino-alcohol motifs (C(OH)–C–C–N with tert-alkyl or cyclic N) is 1. The van der Waals surface area contributed by atoms with E-state index in [1.54, 1.807) is 0 Å². The Morgan fingerprint density at radius 3 is 2.83 bits per heavy atom. The van der Waals surface area contributed by atoms with Crippen molar-refractivity contribution in [3.8, 4) is 0 Å². The molecular formula is C13H25N3O2. The van der Waals surface area contributed by atoms with Gasteiger partial charge in [-0.3, -0.25) is 9.69 Å². The molecule has 2 fully saturated rings. The van der Waals surface area contributed by atoms with E-state index >= 15 is 0 Å². The average Bonchev–Trinajstić information content (AvgIpc) is 2.89. The summed E-state index contributed by atoms with van der Waals surface area (Å²) in [4.78, 5) is 13.8. The van der Waals surface area contributed by atoms with Gasteiger partial charge in [-0.15, -0.1) is 0 Å². The molecule has 18 heavy (non-hydrogen) atoms. The van der Waals surface area contributed by atoms with Crippen LogP contribution in [0.1, 0.15) is 32.1 Å². The van der Waals surface area contributed by atoms with Crippen molar-refractivity contribution >= 4 is 5.91 Å². The van der Waals surface area contributed by atoms with Gasteiger partial charge in [0.25, 0.3) is 0 Å². The minimum Gasteiger partial charge on any atom is -0.387 e. The minimum absolute atomic E-state index is 0.0824. The van der Waals surface area contributed by atoms with Crippen LogP contribution in [0, 0.1) is 0 Å². The second-order valence-electron chi connectivity index (χ2n) is 5.87. The van der Waals surface area contributed by atoms with Gasteiger partial charge < -0.3 is 15.7 Å². The maximum atomic E-state index is 11.8. The highest BCUT2D eigenvalue weighted by Gasteiger charge is 2.32. The summed E-state index contributed by atoms with van der Waals surface area (Å²) in [6, 6.07) is 0.377. The zero-order valence-corrected chi connectivity index (χ0v) is 11.2. The molecule has 0 aromatic rings. The zero-order valence-electron chi connectivity index (χ0n) is 11.2. The molecule has 1 unspecified atom stereocenters. The summed E-state index contributed by atoms with van der Waals surface area (Å²) in [5, 5.41) is 16.4. The van der Waals surface area contributed by atoms with E-state index in [0.29, 0.717) is 25.7 Å². The lowest BCUT2D eigenvalue weighted by Crippen LogP contribution is -2.47. The molecule has 2 aliphatic rings. The summed E-state index contributed by atoms with van der Waals surface area (Å²) < 4.78 is 0. The minimum atomic E-state index is -0.664. The molecule has 1 saturated carbocycles. The van der Waals surface area contributed by atoms with E-state index < -0.39 is 5.60 Å². The van der Waals surface area contributed by atoms with Crippen molar-refractivity contribution in [1.29, 1.82) is 0 Å². The van der Waals surface area contributed by atoms with Crippen molar-refractivity contribution in [2.45, 2.75) is 43.7 Å². The molecule has 1 atom stereocenters. The van der Waals surface area contributed by atoms with Gasteiger partial charge >= 0.3 is 0 Å². The van der Waals surface area contributed by atoms with Crippen LogP contribution in [0.2, 0.25) is 0 Å². The number of carbonyl (C=O) groups excluding carboxylic acids is 1. The van der Waals surface area contributed by atoms with Gasteiger partial charge in [-0.2, -0.15) is 0 Å². The number of hydrogen-bond donors (Lipinski definition) is 3. The predicted molar refractivity (Wildman–Crippen MR) is 70.3 cm³/mol. The van der Waals surface area contributed by atoms with E-state index in [-0.39, 0.29) is 5.91 Å². The van der Waals surface area contributed by atoms with E-state index in [1.807, 2.05) is 11.9 Å². The van der Waals surface area contributed by atoms with Crippen LogP contribution in [0.25, 0.3) is 0 Å². The highest BCUT2D eigenvalue weighted by atomic mass is 16.3. The Hall–Kier alpha value is -0.650. The lowest BCUT2D eigenvalue weighted by atomic mass is 10.0. The van der Waals surface area contributed by atoms with Crippen molar-refractivity contribution < 1.29 is 9.90 Å². The van der Waals surface area contributed by atoms with Crippen LogP contribution in [-0.4, -0.2) is 60.8 Å². The molecule has 1 amide bonds. The summed E-state index contributed by atoms with van der Waals surface area (Å²) in [7, 11) is 1.89. The lowest BCUT2D eigenvalue weighted by molar-refractivity contribution is -0.123. The first kappa shape index (κ1) is 13.8. The van der Waals surface area contributed by atoms with E-state index in [4.69, 9.17) is 0 Å². The first-order valence-corrected chi connectivity index (χ1v) is 6.98. The third kappa shape index (κ3) is 3.93. The second kappa shape index (κ2) is 5.99. The monoisotopic (exact) mass is 255 g/mol. The van der Waals surface area contributed by atoms with Gasteiger partial charge in [0.1, 0.15) is 0 Å². The standard InChI is InChI=1S/C13H25N3O2/c1-16(10-13(18)6-7-14-9-13)8-12(17)15-11-4-2-3-5-11/h11,14,18H,2-10H2,1H3,(H,15,17). The molecule has 0 aromatic carbocycles. The SMILES string of the molecule is CN(CC(=O)NC1CCCC1)CC1(O)CCNC1. The Morgan fingerprint density at radius 2 is 2.22 bits per heavy atom.